The Kier molecular flexibility index (Phi) is 7.40. The van der Waals surface area contributed by atoms with Gasteiger partial charge in [0, 0.05) is 28.1 Å². The molecule has 37 heavy (non-hydrogen) atoms. The summed E-state index contributed by atoms with van der Waals surface area (Å²) in [5, 5.41) is 8.96. The third-order valence-corrected chi connectivity index (χ3v) is 5.65. The topological polar surface area (TPSA) is 137 Å². The summed E-state index contributed by atoms with van der Waals surface area (Å²) in [5.41, 5.74) is 4.71. The zero-order valence-corrected chi connectivity index (χ0v) is 20.2. The lowest BCUT2D eigenvalue weighted by molar-refractivity contribution is -0.131. The Morgan fingerprint density at radius 3 is 2.14 bits per heavy atom. The van der Waals surface area contributed by atoms with Crippen molar-refractivity contribution in [3.05, 3.63) is 94.5 Å². The van der Waals surface area contributed by atoms with Crippen LogP contribution in [0.5, 0.6) is 0 Å². The molecule has 1 aliphatic heterocycles. The molecule has 1 aliphatic rings. The van der Waals surface area contributed by atoms with Crippen molar-refractivity contribution >= 4 is 58.9 Å². The van der Waals surface area contributed by atoms with Crippen LogP contribution in [0.4, 0.5) is 16.2 Å². The summed E-state index contributed by atoms with van der Waals surface area (Å²) in [6, 6.07) is 18.2. The molecule has 1 atom stereocenters. The standard InChI is InChI=1S/C26H20ClN5O5/c1-15-2-4-16(5-3-15)22(33)29-19-10-6-17(7-11-19)23(34)31-28-14-21-24(35)30-26(37)32(25(21)36)20-12-8-18(27)9-13-20/h2-14,21H,1H3,(H,29,33)(H,31,34)(H,30,35,37)/b28-14-/t21-/m1/s1. The van der Waals surface area contributed by atoms with Gasteiger partial charge >= 0.3 is 6.03 Å². The van der Waals surface area contributed by atoms with E-state index in [1.807, 2.05) is 19.1 Å². The molecule has 186 valence electrons. The maximum Gasteiger partial charge on any atom is 0.335 e. The fourth-order valence-corrected chi connectivity index (χ4v) is 3.53. The van der Waals surface area contributed by atoms with E-state index >= 15 is 0 Å². The van der Waals surface area contributed by atoms with E-state index in [9.17, 15) is 24.0 Å². The Balaban J connectivity index is 1.37. The van der Waals surface area contributed by atoms with Crippen LogP contribution in [0.25, 0.3) is 0 Å². The van der Waals surface area contributed by atoms with Gasteiger partial charge in [-0.2, -0.15) is 5.10 Å². The highest BCUT2D eigenvalue weighted by Gasteiger charge is 2.40. The van der Waals surface area contributed by atoms with Crippen molar-refractivity contribution in [2.75, 3.05) is 10.2 Å². The van der Waals surface area contributed by atoms with Crippen molar-refractivity contribution in [3.8, 4) is 0 Å². The molecule has 0 unspecified atom stereocenters. The quantitative estimate of drug-likeness (QED) is 0.261. The highest BCUT2D eigenvalue weighted by Crippen LogP contribution is 2.22. The first-order valence-corrected chi connectivity index (χ1v) is 11.4. The summed E-state index contributed by atoms with van der Waals surface area (Å²) < 4.78 is 0. The minimum Gasteiger partial charge on any atom is -0.322 e. The van der Waals surface area contributed by atoms with Gasteiger partial charge in [0.05, 0.1) is 5.69 Å². The second kappa shape index (κ2) is 10.8. The van der Waals surface area contributed by atoms with Gasteiger partial charge in [-0.3, -0.25) is 24.5 Å². The van der Waals surface area contributed by atoms with E-state index in [4.69, 9.17) is 11.6 Å². The van der Waals surface area contributed by atoms with Gasteiger partial charge in [-0.25, -0.2) is 15.1 Å². The predicted octanol–water partition coefficient (Wildman–Crippen LogP) is 3.52. The van der Waals surface area contributed by atoms with Crippen LogP contribution in [0.3, 0.4) is 0 Å². The van der Waals surface area contributed by atoms with Crippen molar-refractivity contribution in [2.45, 2.75) is 6.92 Å². The van der Waals surface area contributed by atoms with E-state index < -0.39 is 29.7 Å². The molecule has 1 heterocycles. The maximum atomic E-state index is 12.8. The average Bonchev–Trinajstić information content (AvgIpc) is 2.87. The summed E-state index contributed by atoms with van der Waals surface area (Å²) in [6.07, 6.45) is 0.946. The summed E-state index contributed by atoms with van der Waals surface area (Å²) in [4.78, 5) is 62.8. The first-order chi connectivity index (χ1) is 17.7. The number of halogens is 1. The maximum absolute atomic E-state index is 12.8. The number of imide groups is 2. The summed E-state index contributed by atoms with van der Waals surface area (Å²) in [7, 11) is 0. The van der Waals surface area contributed by atoms with Crippen LogP contribution < -0.4 is 21.0 Å². The van der Waals surface area contributed by atoms with Crippen LogP contribution in [0.1, 0.15) is 26.3 Å². The molecule has 10 nitrogen and oxygen atoms in total. The highest BCUT2D eigenvalue weighted by atomic mass is 35.5. The first-order valence-electron chi connectivity index (χ1n) is 11.0. The second-order valence-corrected chi connectivity index (χ2v) is 8.48. The number of nitrogens with zero attached hydrogens (tertiary/aromatic N) is 2. The van der Waals surface area contributed by atoms with Gasteiger partial charge < -0.3 is 5.32 Å². The molecule has 3 N–H and O–H groups in total. The molecular formula is C26H20ClN5O5. The van der Waals surface area contributed by atoms with Crippen LogP contribution in [0.2, 0.25) is 5.02 Å². The van der Waals surface area contributed by atoms with Gasteiger partial charge in [0.1, 0.15) is 0 Å². The van der Waals surface area contributed by atoms with Gasteiger partial charge in [-0.1, -0.05) is 29.3 Å². The van der Waals surface area contributed by atoms with Crippen molar-refractivity contribution in [2.24, 2.45) is 11.0 Å². The molecule has 0 saturated carbocycles. The number of urea groups is 1. The lowest BCUT2D eigenvalue weighted by Gasteiger charge is -2.28. The van der Waals surface area contributed by atoms with Gasteiger partial charge in [0.2, 0.25) is 5.91 Å². The summed E-state index contributed by atoms with van der Waals surface area (Å²) in [6.45, 7) is 1.92. The third-order valence-electron chi connectivity index (χ3n) is 5.40. The monoisotopic (exact) mass is 517 g/mol. The van der Waals surface area contributed by atoms with Gasteiger partial charge in [0.25, 0.3) is 17.7 Å². The summed E-state index contributed by atoms with van der Waals surface area (Å²) >= 11 is 5.85. The normalized spacial score (nSPS) is 15.5. The fourth-order valence-electron chi connectivity index (χ4n) is 3.40. The molecule has 6 amide bonds. The molecule has 0 aliphatic carbocycles. The number of aryl methyl sites for hydroxylation is 1. The summed E-state index contributed by atoms with van der Waals surface area (Å²) in [5.74, 6) is -4.03. The molecule has 3 aromatic rings. The number of amides is 6. The van der Waals surface area contributed by atoms with E-state index in [-0.39, 0.29) is 17.2 Å². The number of carbonyl (C=O) groups excluding carboxylic acids is 5. The Hall–Kier alpha value is -4.83. The minimum atomic E-state index is -1.44. The molecule has 0 bridgehead atoms. The van der Waals surface area contributed by atoms with Gasteiger partial charge in [-0.15, -0.1) is 0 Å². The van der Waals surface area contributed by atoms with Crippen LogP contribution in [0.15, 0.2) is 77.9 Å². The number of carbonyl (C=O) groups is 5. The number of benzene rings is 3. The van der Waals surface area contributed by atoms with Gasteiger partial charge in [-0.05, 0) is 67.6 Å². The Morgan fingerprint density at radius 1 is 0.892 bits per heavy atom. The molecule has 0 spiro atoms. The van der Waals surface area contributed by atoms with Crippen molar-refractivity contribution < 1.29 is 24.0 Å². The zero-order chi connectivity index (χ0) is 26.5. The van der Waals surface area contributed by atoms with Crippen LogP contribution in [-0.4, -0.2) is 35.9 Å². The lowest BCUT2D eigenvalue weighted by Crippen LogP contribution is -2.58. The molecule has 0 aromatic heterocycles. The van der Waals surface area contributed by atoms with Gasteiger partial charge in [0.15, 0.2) is 5.92 Å². The van der Waals surface area contributed by atoms with E-state index in [0.717, 1.165) is 16.7 Å². The largest absolute Gasteiger partial charge is 0.335 e. The smallest absolute Gasteiger partial charge is 0.322 e. The van der Waals surface area contributed by atoms with Crippen LogP contribution in [-0.2, 0) is 9.59 Å². The number of hydrogen-bond donors (Lipinski definition) is 3. The number of rotatable bonds is 6. The van der Waals surface area contributed by atoms with E-state index in [1.165, 1.54) is 36.4 Å². The fraction of sp³-hybridized carbons (Fsp3) is 0.0769. The molecule has 1 fully saturated rings. The Bertz CT molecular complexity index is 1400. The van der Waals surface area contributed by atoms with Crippen molar-refractivity contribution in [1.82, 2.24) is 10.7 Å². The third kappa shape index (κ3) is 5.88. The molecule has 1 saturated heterocycles. The molecular weight excluding hydrogens is 498 g/mol. The van der Waals surface area contributed by atoms with Crippen molar-refractivity contribution in [1.29, 1.82) is 0 Å². The SMILES string of the molecule is Cc1ccc(C(=O)Nc2ccc(C(=O)N/N=C\[C@@H]3C(=O)NC(=O)N(c4ccc(Cl)cc4)C3=O)cc2)cc1. The Morgan fingerprint density at radius 2 is 1.49 bits per heavy atom. The van der Waals surface area contributed by atoms with Crippen LogP contribution >= 0.6 is 11.6 Å². The number of anilines is 2. The van der Waals surface area contributed by atoms with E-state index in [1.54, 1.807) is 24.3 Å². The lowest BCUT2D eigenvalue weighted by atomic mass is 10.1. The number of barbiturate groups is 1. The highest BCUT2D eigenvalue weighted by molar-refractivity contribution is 6.33. The number of nitrogens with one attached hydrogen (secondary N) is 3. The van der Waals surface area contributed by atoms with Crippen molar-refractivity contribution in [3.63, 3.8) is 0 Å². The first kappa shape index (κ1) is 25.3. The zero-order valence-electron chi connectivity index (χ0n) is 19.4. The van der Waals surface area contributed by atoms with E-state index in [0.29, 0.717) is 16.3 Å². The molecule has 3 aromatic carbocycles. The predicted molar refractivity (Wildman–Crippen MR) is 137 cm³/mol. The second-order valence-electron chi connectivity index (χ2n) is 8.04. The Labute approximate surface area is 216 Å². The van der Waals surface area contributed by atoms with Crippen LogP contribution in [0, 0.1) is 12.8 Å². The van der Waals surface area contributed by atoms with E-state index in [2.05, 4.69) is 21.2 Å². The molecule has 0 radical (unpaired) electrons. The molecule has 11 heteroatoms. The average molecular weight is 518 g/mol. The molecule has 4 rings (SSSR count). The number of hydrogen-bond acceptors (Lipinski definition) is 6. The minimum absolute atomic E-state index is 0.219. The number of hydrazone groups is 1.